The maximum Gasteiger partial charge on any atom is 0.417 e. The molecule has 2 aromatic rings. The van der Waals surface area contributed by atoms with Crippen LogP contribution >= 0.6 is 11.8 Å². The number of thioether (sulfide) groups is 1. The normalized spacial score (nSPS) is 16.4. The van der Waals surface area contributed by atoms with Crippen LogP contribution < -0.4 is 10.1 Å². The molecule has 1 amide bonds. The number of rotatable bonds is 3. The Bertz CT molecular complexity index is 717. The van der Waals surface area contributed by atoms with Crippen molar-refractivity contribution in [3.05, 3.63) is 59.9 Å². The molecule has 2 aromatic carbocycles. The molecule has 0 saturated carbocycles. The van der Waals surface area contributed by atoms with Crippen LogP contribution in [0.15, 0.2) is 48.5 Å². The molecule has 24 heavy (non-hydrogen) atoms. The lowest BCUT2D eigenvalue weighted by Crippen LogP contribution is -2.31. The highest BCUT2D eigenvalue weighted by atomic mass is 32.2. The molecule has 0 aromatic heterocycles. The lowest BCUT2D eigenvalue weighted by atomic mass is 9.87. The van der Waals surface area contributed by atoms with Crippen LogP contribution in [0.5, 0.6) is 5.75 Å². The van der Waals surface area contributed by atoms with Crippen molar-refractivity contribution in [2.45, 2.75) is 18.4 Å². The third-order valence-electron chi connectivity index (χ3n) is 3.99. The number of amides is 1. The molecule has 6 heteroatoms. The second-order valence-electron chi connectivity index (χ2n) is 5.67. The van der Waals surface area contributed by atoms with E-state index in [2.05, 4.69) is 5.32 Å². The molecule has 0 radical (unpaired) electrons. The van der Waals surface area contributed by atoms with Crippen molar-refractivity contribution in [2.24, 2.45) is 0 Å². The summed E-state index contributed by atoms with van der Waals surface area (Å²) in [7, 11) is 0. The molecular weight excluding hydrogens is 329 g/mol. The third kappa shape index (κ3) is 3.88. The molecule has 0 atom stereocenters. The molecule has 1 saturated heterocycles. The second-order valence-corrected chi connectivity index (χ2v) is 6.89. The molecular formula is C18H18FNO3S. The Balaban J connectivity index is 1.69. The summed E-state index contributed by atoms with van der Waals surface area (Å²) in [6.07, 6.45) is 0.357. The van der Waals surface area contributed by atoms with E-state index in [-0.39, 0.29) is 11.3 Å². The first-order valence-corrected chi connectivity index (χ1v) is 8.86. The van der Waals surface area contributed by atoms with Crippen molar-refractivity contribution in [1.82, 2.24) is 0 Å². The van der Waals surface area contributed by atoms with E-state index >= 15 is 0 Å². The van der Waals surface area contributed by atoms with Crippen LogP contribution in [0, 0.1) is 5.82 Å². The molecule has 1 aliphatic heterocycles. The largest absolute Gasteiger partial charge is 0.417 e. The predicted molar refractivity (Wildman–Crippen MR) is 92.9 cm³/mol. The van der Waals surface area contributed by atoms with Crippen molar-refractivity contribution >= 4 is 23.5 Å². The molecule has 0 bridgehead atoms. The zero-order valence-electron chi connectivity index (χ0n) is 13.0. The molecule has 2 N–H and O–H groups in total. The van der Waals surface area contributed by atoms with Gasteiger partial charge in [0.1, 0.15) is 11.6 Å². The van der Waals surface area contributed by atoms with E-state index in [1.807, 2.05) is 6.07 Å². The molecule has 126 valence electrons. The lowest BCUT2D eigenvalue weighted by molar-refractivity contribution is 0.0246. The summed E-state index contributed by atoms with van der Waals surface area (Å²) in [6, 6.07) is 12.9. The van der Waals surface area contributed by atoms with Crippen molar-refractivity contribution in [2.75, 3.05) is 16.8 Å². The van der Waals surface area contributed by atoms with Crippen LogP contribution in [0.1, 0.15) is 18.4 Å². The van der Waals surface area contributed by atoms with Gasteiger partial charge in [-0.25, -0.2) is 9.18 Å². The number of benzene rings is 2. The van der Waals surface area contributed by atoms with Crippen molar-refractivity contribution in [3.63, 3.8) is 0 Å². The highest BCUT2D eigenvalue weighted by Crippen LogP contribution is 2.37. The average Bonchev–Trinajstić information content (AvgIpc) is 2.56. The Kier molecular flexibility index (Phi) is 5.06. The van der Waals surface area contributed by atoms with Gasteiger partial charge in [0, 0.05) is 11.3 Å². The summed E-state index contributed by atoms with van der Waals surface area (Å²) in [6.45, 7) is 0. The SMILES string of the molecule is O=C(Nc1ccc(C2(O)CCSCC2)c(F)c1)Oc1ccccc1. The van der Waals surface area contributed by atoms with Gasteiger partial charge in [0.05, 0.1) is 5.60 Å². The fourth-order valence-electron chi connectivity index (χ4n) is 2.69. The van der Waals surface area contributed by atoms with Crippen LogP contribution in [-0.4, -0.2) is 22.7 Å². The highest BCUT2D eigenvalue weighted by Gasteiger charge is 2.33. The number of carbonyl (C=O) groups excluding carboxylic acids is 1. The van der Waals surface area contributed by atoms with Gasteiger partial charge in [-0.1, -0.05) is 24.3 Å². The number of hydrogen-bond donors (Lipinski definition) is 2. The van der Waals surface area contributed by atoms with Gasteiger partial charge < -0.3 is 9.84 Å². The molecule has 0 aliphatic carbocycles. The van der Waals surface area contributed by atoms with Crippen LogP contribution in [-0.2, 0) is 5.60 Å². The van der Waals surface area contributed by atoms with E-state index in [1.54, 1.807) is 42.1 Å². The van der Waals surface area contributed by atoms with Gasteiger partial charge in [-0.2, -0.15) is 11.8 Å². The molecule has 1 aliphatic rings. The quantitative estimate of drug-likeness (QED) is 0.876. The number of halogens is 1. The topological polar surface area (TPSA) is 58.6 Å². The first-order chi connectivity index (χ1) is 11.6. The van der Waals surface area contributed by atoms with Crippen molar-refractivity contribution < 1.29 is 19.0 Å². The standard InChI is InChI=1S/C18H18FNO3S/c19-16-12-13(20-17(21)23-14-4-2-1-3-5-14)6-7-15(16)18(22)8-10-24-11-9-18/h1-7,12,22H,8-11H2,(H,20,21). The van der Waals surface area contributed by atoms with Crippen LogP contribution in [0.2, 0.25) is 0 Å². The minimum absolute atomic E-state index is 0.282. The Morgan fingerprint density at radius 3 is 2.54 bits per heavy atom. The fraction of sp³-hybridized carbons (Fsp3) is 0.278. The van der Waals surface area contributed by atoms with Gasteiger partial charge in [-0.3, -0.25) is 5.32 Å². The van der Waals surface area contributed by atoms with Crippen LogP contribution in [0.25, 0.3) is 0 Å². The summed E-state index contributed by atoms with van der Waals surface area (Å²) in [5.74, 6) is 1.49. The van der Waals surface area contributed by atoms with Crippen LogP contribution in [0.4, 0.5) is 14.9 Å². The molecule has 0 spiro atoms. The molecule has 3 rings (SSSR count). The van der Waals surface area contributed by atoms with E-state index < -0.39 is 17.5 Å². The van der Waals surface area contributed by atoms with Crippen LogP contribution in [0.3, 0.4) is 0 Å². The van der Waals surface area contributed by atoms with Gasteiger partial charge >= 0.3 is 6.09 Å². The Labute approximate surface area is 144 Å². The van der Waals surface area contributed by atoms with Gasteiger partial charge in [0.15, 0.2) is 0 Å². The first-order valence-electron chi connectivity index (χ1n) is 7.71. The fourth-order valence-corrected chi connectivity index (χ4v) is 3.86. The second kappa shape index (κ2) is 7.23. The van der Waals surface area contributed by atoms with E-state index in [0.717, 1.165) is 11.5 Å². The summed E-state index contributed by atoms with van der Waals surface area (Å²) in [5, 5.41) is 13.1. The smallest absolute Gasteiger partial charge is 0.410 e. The van der Waals surface area contributed by atoms with Gasteiger partial charge in [0.2, 0.25) is 0 Å². The Morgan fingerprint density at radius 2 is 1.88 bits per heavy atom. The average molecular weight is 347 g/mol. The minimum Gasteiger partial charge on any atom is -0.410 e. The van der Waals surface area contributed by atoms with Gasteiger partial charge in [-0.15, -0.1) is 0 Å². The van der Waals surface area contributed by atoms with Crippen molar-refractivity contribution in [1.29, 1.82) is 0 Å². The van der Waals surface area contributed by atoms with E-state index in [0.29, 0.717) is 18.6 Å². The first kappa shape index (κ1) is 16.8. The molecule has 4 nitrogen and oxygen atoms in total. The van der Waals surface area contributed by atoms with Gasteiger partial charge in [0.25, 0.3) is 0 Å². The number of aliphatic hydroxyl groups is 1. The van der Waals surface area contributed by atoms with Gasteiger partial charge in [-0.05, 0) is 48.6 Å². The third-order valence-corrected chi connectivity index (χ3v) is 4.98. The minimum atomic E-state index is -1.13. The summed E-state index contributed by atoms with van der Waals surface area (Å²) < 4.78 is 19.5. The van der Waals surface area contributed by atoms with E-state index in [4.69, 9.17) is 4.74 Å². The molecule has 1 fully saturated rings. The zero-order valence-corrected chi connectivity index (χ0v) is 13.8. The maximum atomic E-state index is 14.4. The summed E-state index contributed by atoms with van der Waals surface area (Å²) >= 11 is 1.75. The van der Waals surface area contributed by atoms with E-state index in [1.165, 1.54) is 12.1 Å². The zero-order chi connectivity index (χ0) is 17.0. The summed E-state index contributed by atoms with van der Waals surface area (Å²) in [5.41, 5.74) is -0.561. The Hall–Kier alpha value is -2.05. The van der Waals surface area contributed by atoms with E-state index in [9.17, 15) is 14.3 Å². The summed E-state index contributed by atoms with van der Waals surface area (Å²) in [4.78, 5) is 11.8. The number of anilines is 1. The molecule has 0 unspecified atom stereocenters. The lowest BCUT2D eigenvalue weighted by Gasteiger charge is -2.32. The highest BCUT2D eigenvalue weighted by molar-refractivity contribution is 7.99. The maximum absolute atomic E-state index is 14.4. The number of carbonyl (C=O) groups is 1. The monoisotopic (exact) mass is 347 g/mol. The predicted octanol–water partition coefficient (Wildman–Crippen LogP) is 4.15. The molecule has 1 heterocycles. The Morgan fingerprint density at radius 1 is 1.17 bits per heavy atom. The van der Waals surface area contributed by atoms with Crippen molar-refractivity contribution in [3.8, 4) is 5.75 Å². The number of hydrogen-bond acceptors (Lipinski definition) is 4. The number of ether oxygens (including phenoxy) is 1. The number of nitrogens with one attached hydrogen (secondary N) is 1. The number of para-hydroxylation sites is 1.